The lowest BCUT2D eigenvalue weighted by atomic mass is 10.1. The molecule has 0 heterocycles. The van der Waals surface area contributed by atoms with Crippen LogP contribution in [0.3, 0.4) is 0 Å². The third-order valence-corrected chi connectivity index (χ3v) is 2.93. The van der Waals surface area contributed by atoms with E-state index in [4.69, 9.17) is 34.3 Å². The molecular weight excluding hydrogens is 254 g/mol. The van der Waals surface area contributed by atoms with Crippen molar-refractivity contribution in [2.45, 2.75) is 26.7 Å². The second-order valence-corrected chi connectivity index (χ2v) is 5.24. The summed E-state index contributed by atoms with van der Waals surface area (Å²) in [5, 5.41) is 0.555. The predicted molar refractivity (Wildman–Crippen MR) is 76.9 cm³/mol. The molecule has 17 heavy (non-hydrogen) atoms. The summed E-state index contributed by atoms with van der Waals surface area (Å²) in [5.41, 5.74) is 6.28. The lowest BCUT2D eigenvalue weighted by molar-refractivity contribution is 0.298. The Balaban J connectivity index is 2.52. The van der Waals surface area contributed by atoms with Gasteiger partial charge < -0.3 is 10.5 Å². The zero-order valence-electron chi connectivity index (χ0n) is 10.2. The molecular formula is C13H18ClNOS. The molecule has 0 aliphatic rings. The summed E-state index contributed by atoms with van der Waals surface area (Å²) in [6, 6.07) is 5.37. The SMILES string of the molecule is CC(C)CCCOc1ccc(C(N)=S)cc1Cl. The van der Waals surface area contributed by atoms with Crippen molar-refractivity contribution in [3.8, 4) is 5.75 Å². The van der Waals surface area contributed by atoms with E-state index < -0.39 is 0 Å². The van der Waals surface area contributed by atoms with Crippen molar-refractivity contribution in [1.29, 1.82) is 0 Å². The molecule has 0 saturated heterocycles. The molecule has 0 bridgehead atoms. The summed E-state index contributed by atoms with van der Waals surface area (Å²) in [6.45, 7) is 5.08. The predicted octanol–water partition coefficient (Wildman–Crippen LogP) is 3.79. The van der Waals surface area contributed by atoms with E-state index in [2.05, 4.69) is 13.8 Å². The zero-order valence-corrected chi connectivity index (χ0v) is 11.8. The Bertz CT molecular complexity index is 393. The molecule has 0 unspecified atom stereocenters. The number of halogens is 1. The number of ether oxygens (including phenoxy) is 1. The molecule has 0 atom stereocenters. The average molecular weight is 272 g/mol. The molecule has 0 aliphatic heterocycles. The highest BCUT2D eigenvalue weighted by Gasteiger charge is 2.04. The summed E-state index contributed by atoms with van der Waals surface area (Å²) in [7, 11) is 0. The van der Waals surface area contributed by atoms with Crippen LogP contribution in [0.25, 0.3) is 0 Å². The monoisotopic (exact) mass is 271 g/mol. The molecule has 1 aromatic rings. The van der Waals surface area contributed by atoms with E-state index in [1.165, 1.54) is 0 Å². The quantitative estimate of drug-likeness (QED) is 0.632. The van der Waals surface area contributed by atoms with Gasteiger partial charge in [0.25, 0.3) is 0 Å². The maximum atomic E-state index is 6.07. The van der Waals surface area contributed by atoms with Crippen LogP contribution < -0.4 is 10.5 Å². The molecule has 0 amide bonds. The first-order valence-corrected chi connectivity index (χ1v) is 6.51. The van der Waals surface area contributed by atoms with Crippen LogP contribution in [0.4, 0.5) is 0 Å². The first-order valence-electron chi connectivity index (χ1n) is 5.73. The normalized spacial score (nSPS) is 10.6. The van der Waals surface area contributed by atoms with Crippen LogP contribution in [-0.4, -0.2) is 11.6 Å². The van der Waals surface area contributed by atoms with Gasteiger partial charge in [0, 0.05) is 5.56 Å². The number of hydrogen-bond donors (Lipinski definition) is 1. The van der Waals surface area contributed by atoms with Crippen molar-refractivity contribution >= 4 is 28.8 Å². The van der Waals surface area contributed by atoms with E-state index in [0.29, 0.717) is 28.3 Å². The molecule has 0 spiro atoms. The summed E-state index contributed by atoms with van der Waals surface area (Å²) in [6.07, 6.45) is 2.19. The molecule has 0 radical (unpaired) electrons. The summed E-state index contributed by atoms with van der Waals surface area (Å²) >= 11 is 11.0. The standard InChI is InChI=1S/C13H18ClNOS/c1-9(2)4-3-7-16-12-6-5-10(13(15)17)8-11(12)14/h5-6,8-9H,3-4,7H2,1-2H3,(H2,15,17). The van der Waals surface area contributed by atoms with Crippen molar-refractivity contribution in [2.24, 2.45) is 11.7 Å². The Hall–Kier alpha value is -0.800. The molecule has 4 heteroatoms. The molecule has 94 valence electrons. The lowest BCUT2D eigenvalue weighted by Gasteiger charge is -2.10. The molecule has 2 nitrogen and oxygen atoms in total. The lowest BCUT2D eigenvalue weighted by Crippen LogP contribution is -2.09. The Morgan fingerprint density at radius 1 is 1.47 bits per heavy atom. The molecule has 1 rings (SSSR count). The summed E-state index contributed by atoms with van der Waals surface area (Å²) < 4.78 is 5.61. The highest BCUT2D eigenvalue weighted by atomic mass is 35.5. The van der Waals surface area contributed by atoms with E-state index in [9.17, 15) is 0 Å². The number of rotatable bonds is 6. The van der Waals surface area contributed by atoms with Gasteiger partial charge >= 0.3 is 0 Å². The first kappa shape index (κ1) is 14.3. The van der Waals surface area contributed by atoms with Crippen molar-refractivity contribution in [2.75, 3.05) is 6.61 Å². The van der Waals surface area contributed by atoms with Crippen LogP contribution in [0.2, 0.25) is 5.02 Å². The van der Waals surface area contributed by atoms with E-state index in [0.717, 1.165) is 18.4 Å². The van der Waals surface area contributed by atoms with Gasteiger partial charge in [0.1, 0.15) is 10.7 Å². The maximum Gasteiger partial charge on any atom is 0.137 e. The van der Waals surface area contributed by atoms with Gasteiger partial charge in [-0.15, -0.1) is 0 Å². The zero-order chi connectivity index (χ0) is 12.8. The average Bonchev–Trinajstić information content (AvgIpc) is 2.25. The third-order valence-electron chi connectivity index (χ3n) is 2.40. The van der Waals surface area contributed by atoms with Gasteiger partial charge in [-0.25, -0.2) is 0 Å². The van der Waals surface area contributed by atoms with E-state index >= 15 is 0 Å². The van der Waals surface area contributed by atoms with E-state index in [1.807, 2.05) is 12.1 Å². The van der Waals surface area contributed by atoms with Gasteiger partial charge in [-0.05, 0) is 37.0 Å². The van der Waals surface area contributed by atoms with Gasteiger partial charge in [-0.1, -0.05) is 37.7 Å². The van der Waals surface area contributed by atoms with Crippen LogP contribution in [0.1, 0.15) is 32.3 Å². The molecule has 0 aromatic heterocycles. The maximum absolute atomic E-state index is 6.07. The van der Waals surface area contributed by atoms with Gasteiger partial charge in [0.2, 0.25) is 0 Å². The minimum atomic E-state index is 0.346. The van der Waals surface area contributed by atoms with Crippen LogP contribution in [0, 0.1) is 5.92 Å². The number of thiocarbonyl (C=S) groups is 1. The fourth-order valence-electron chi connectivity index (χ4n) is 1.44. The minimum absolute atomic E-state index is 0.346. The number of benzene rings is 1. The van der Waals surface area contributed by atoms with Gasteiger partial charge in [-0.3, -0.25) is 0 Å². The third kappa shape index (κ3) is 4.92. The van der Waals surface area contributed by atoms with E-state index in [1.54, 1.807) is 6.07 Å². The second kappa shape index (κ2) is 6.82. The highest BCUT2D eigenvalue weighted by Crippen LogP contribution is 2.25. The minimum Gasteiger partial charge on any atom is -0.492 e. The molecule has 1 aromatic carbocycles. The summed E-state index contributed by atoms with van der Waals surface area (Å²) in [4.78, 5) is 0.346. The van der Waals surface area contributed by atoms with Gasteiger partial charge in [0.15, 0.2) is 0 Å². The molecule has 0 fully saturated rings. The van der Waals surface area contributed by atoms with Crippen molar-refractivity contribution < 1.29 is 4.74 Å². The molecule has 0 saturated carbocycles. The first-order chi connectivity index (χ1) is 8.00. The van der Waals surface area contributed by atoms with Crippen LogP contribution in [0.5, 0.6) is 5.75 Å². The Kier molecular flexibility index (Phi) is 5.72. The molecule has 0 aliphatic carbocycles. The molecule has 2 N–H and O–H groups in total. The fourth-order valence-corrected chi connectivity index (χ4v) is 1.81. The Labute approximate surface area is 113 Å². The Morgan fingerprint density at radius 3 is 2.71 bits per heavy atom. The Morgan fingerprint density at radius 2 is 2.18 bits per heavy atom. The number of nitrogens with two attached hydrogens (primary N) is 1. The van der Waals surface area contributed by atoms with Crippen LogP contribution >= 0.6 is 23.8 Å². The summed E-state index contributed by atoms with van der Waals surface area (Å²) in [5.74, 6) is 1.39. The number of hydrogen-bond acceptors (Lipinski definition) is 2. The fraction of sp³-hybridized carbons (Fsp3) is 0.462. The van der Waals surface area contributed by atoms with Crippen LogP contribution in [-0.2, 0) is 0 Å². The van der Waals surface area contributed by atoms with Crippen molar-refractivity contribution in [1.82, 2.24) is 0 Å². The van der Waals surface area contributed by atoms with Gasteiger partial charge in [0.05, 0.1) is 11.6 Å². The smallest absolute Gasteiger partial charge is 0.137 e. The van der Waals surface area contributed by atoms with Crippen LogP contribution in [0.15, 0.2) is 18.2 Å². The second-order valence-electron chi connectivity index (χ2n) is 4.39. The largest absolute Gasteiger partial charge is 0.492 e. The highest BCUT2D eigenvalue weighted by molar-refractivity contribution is 7.80. The van der Waals surface area contributed by atoms with Crippen molar-refractivity contribution in [3.05, 3.63) is 28.8 Å². The van der Waals surface area contributed by atoms with E-state index in [-0.39, 0.29) is 0 Å². The topological polar surface area (TPSA) is 35.2 Å². The van der Waals surface area contributed by atoms with Crippen molar-refractivity contribution in [3.63, 3.8) is 0 Å². The van der Waals surface area contributed by atoms with Gasteiger partial charge in [-0.2, -0.15) is 0 Å².